The molecule has 0 bridgehead atoms. The number of ether oxygens (including phenoxy) is 1. The summed E-state index contributed by atoms with van der Waals surface area (Å²) in [4.78, 5) is 23.1. The normalized spacial score (nSPS) is 18.1. The van der Waals surface area contributed by atoms with E-state index in [0.717, 1.165) is 25.7 Å². The molecule has 20 heavy (non-hydrogen) atoms. The van der Waals surface area contributed by atoms with Crippen molar-refractivity contribution in [1.29, 1.82) is 0 Å². The number of carbonyl (C=O) groups is 2. The van der Waals surface area contributed by atoms with E-state index in [-0.39, 0.29) is 11.8 Å². The molecule has 1 aliphatic rings. The van der Waals surface area contributed by atoms with E-state index in [4.69, 9.17) is 4.74 Å². The Morgan fingerprint density at radius 2 is 2.00 bits per heavy atom. The molecule has 0 saturated heterocycles. The second-order valence-corrected chi connectivity index (χ2v) is 6.95. The summed E-state index contributed by atoms with van der Waals surface area (Å²) in [5, 5.41) is 9.20. The van der Waals surface area contributed by atoms with Crippen LogP contribution in [0.15, 0.2) is 12.7 Å². The minimum atomic E-state index is -0.942. The molecule has 0 heterocycles. The van der Waals surface area contributed by atoms with Crippen molar-refractivity contribution in [3.05, 3.63) is 12.7 Å². The van der Waals surface area contributed by atoms with Crippen LogP contribution in [0.1, 0.15) is 52.9 Å². The van der Waals surface area contributed by atoms with Gasteiger partial charge in [0.15, 0.2) is 0 Å². The molecule has 1 atom stereocenters. The van der Waals surface area contributed by atoms with E-state index in [1.54, 1.807) is 0 Å². The van der Waals surface area contributed by atoms with Gasteiger partial charge < -0.3 is 9.84 Å². The van der Waals surface area contributed by atoms with Crippen LogP contribution in [0.5, 0.6) is 0 Å². The van der Waals surface area contributed by atoms with E-state index in [9.17, 15) is 14.7 Å². The van der Waals surface area contributed by atoms with Crippen LogP contribution in [0.3, 0.4) is 0 Å². The van der Waals surface area contributed by atoms with Gasteiger partial charge in [0.25, 0.3) is 0 Å². The fourth-order valence-corrected chi connectivity index (χ4v) is 2.27. The second-order valence-electron chi connectivity index (χ2n) is 6.95. The van der Waals surface area contributed by atoms with Crippen molar-refractivity contribution in [2.75, 3.05) is 6.61 Å². The number of allylic oxidation sites excluding steroid dienone is 1. The monoisotopic (exact) mass is 282 g/mol. The van der Waals surface area contributed by atoms with E-state index in [2.05, 4.69) is 6.58 Å². The fourth-order valence-electron chi connectivity index (χ4n) is 2.27. The van der Waals surface area contributed by atoms with Gasteiger partial charge in [-0.15, -0.1) is 6.58 Å². The van der Waals surface area contributed by atoms with Crippen LogP contribution in [0.25, 0.3) is 0 Å². The van der Waals surface area contributed by atoms with Gasteiger partial charge in [0.05, 0.1) is 18.9 Å². The number of aliphatic carboxylic acids is 1. The summed E-state index contributed by atoms with van der Waals surface area (Å²) >= 11 is 0. The lowest BCUT2D eigenvalue weighted by Gasteiger charge is -2.26. The molecular weight excluding hydrogens is 256 g/mol. The number of carboxylic acids is 1. The second kappa shape index (κ2) is 6.42. The Labute approximate surface area is 121 Å². The molecule has 0 unspecified atom stereocenters. The molecule has 0 aromatic carbocycles. The zero-order chi connectivity index (χ0) is 15.4. The molecule has 0 spiro atoms. The molecule has 1 fully saturated rings. The van der Waals surface area contributed by atoms with Gasteiger partial charge in [-0.25, -0.2) is 0 Å². The minimum Gasteiger partial charge on any atom is -0.481 e. The third kappa shape index (κ3) is 4.99. The molecule has 0 aromatic heterocycles. The van der Waals surface area contributed by atoms with Gasteiger partial charge in [-0.2, -0.15) is 0 Å². The summed E-state index contributed by atoms with van der Waals surface area (Å²) < 4.78 is 5.31. The topological polar surface area (TPSA) is 63.6 Å². The number of carbonyl (C=O) groups excluding carboxylic acids is 1. The zero-order valence-corrected chi connectivity index (χ0v) is 12.8. The van der Waals surface area contributed by atoms with E-state index < -0.39 is 23.3 Å². The van der Waals surface area contributed by atoms with Crippen molar-refractivity contribution < 1.29 is 19.4 Å². The lowest BCUT2D eigenvalue weighted by molar-refractivity contribution is -0.156. The highest BCUT2D eigenvalue weighted by Crippen LogP contribution is 2.50. The molecule has 4 nitrogen and oxygen atoms in total. The van der Waals surface area contributed by atoms with Gasteiger partial charge in [-0.1, -0.05) is 26.8 Å². The first kappa shape index (κ1) is 16.7. The lowest BCUT2D eigenvalue weighted by atomic mass is 9.79. The Bertz CT molecular complexity index is 374. The Balaban J connectivity index is 2.43. The summed E-state index contributed by atoms with van der Waals surface area (Å²) in [6.45, 7) is 9.59. The standard InChI is InChI=1S/C16H26O4/c1-5-6-7-16(8-9-16)11-20-13(17)10-12(14(18)19)15(2,3)4/h5,12H,1,6-11H2,2-4H3,(H,18,19)/t12-/m1/s1. The maximum Gasteiger partial charge on any atom is 0.307 e. The van der Waals surface area contributed by atoms with Crippen LogP contribution < -0.4 is 0 Å². The summed E-state index contributed by atoms with van der Waals surface area (Å²) in [5.41, 5.74) is -0.324. The molecular formula is C16H26O4. The molecule has 114 valence electrons. The zero-order valence-electron chi connectivity index (χ0n) is 12.8. The largest absolute Gasteiger partial charge is 0.481 e. The SMILES string of the molecule is C=CCCC1(COC(=O)C[C@H](C(=O)O)C(C)(C)C)CC1. The first-order chi connectivity index (χ1) is 9.20. The molecule has 4 heteroatoms. The predicted molar refractivity (Wildman–Crippen MR) is 77.3 cm³/mol. The Kier molecular flexibility index (Phi) is 5.37. The van der Waals surface area contributed by atoms with Crippen molar-refractivity contribution in [3.8, 4) is 0 Å². The van der Waals surface area contributed by atoms with Crippen LogP contribution in [-0.2, 0) is 14.3 Å². The number of esters is 1. The van der Waals surface area contributed by atoms with Crippen LogP contribution in [-0.4, -0.2) is 23.7 Å². The van der Waals surface area contributed by atoms with Crippen molar-refractivity contribution >= 4 is 11.9 Å². The maximum atomic E-state index is 11.8. The number of hydrogen-bond donors (Lipinski definition) is 1. The summed E-state index contributed by atoms with van der Waals surface area (Å²) in [6.07, 6.45) is 5.90. The molecule has 1 saturated carbocycles. The highest BCUT2D eigenvalue weighted by molar-refractivity contribution is 5.79. The average Bonchev–Trinajstić information content (AvgIpc) is 3.10. The van der Waals surface area contributed by atoms with Crippen LogP contribution in [0.2, 0.25) is 0 Å². The van der Waals surface area contributed by atoms with Crippen molar-refractivity contribution in [3.63, 3.8) is 0 Å². The first-order valence-electron chi connectivity index (χ1n) is 7.19. The van der Waals surface area contributed by atoms with Gasteiger partial charge >= 0.3 is 11.9 Å². The van der Waals surface area contributed by atoms with E-state index >= 15 is 0 Å². The molecule has 0 aromatic rings. The third-order valence-corrected chi connectivity index (χ3v) is 4.09. The molecule has 1 N–H and O–H groups in total. The number of rotatable bonds is 8. The minimum absolute atomic E-state index is 0.0592. The van der Waals surface area contributed by atoms with Gasteiger partial charge in [0, 0.05) is 5.41 Å². The molecule has 0 radical (unpaired) electrons. The van der Waals surface area contributed by atoms with Gasteiger partial charge in [-0.3, -0.25) is 9.59 Å². The van der Waals surface area contributed by atoms with Crippen LogP contribution in [0, 0.1) is 16.7 Å². The lowest BCUT2D eigenvalue weighted by Crippen LogP contribution is -2.31. The first-order valence-corrected chi connectivity index (χ1v) is 7.19. The highest BCUT2D eigenvalue weighted by atomic mass is 16.5. The smallest absolute Gasteiger partial charge is 0.307 e. The van der Waals surface area contributed by atoms with Gasteiger partial charge in [-0.05, 0) is 31.1 Å². The molecule has 1 rings (SSSR count). The quantitative estimate of drug-likeness (QED) is 0.547. The fraction of sp³-hybridized carbons (Fsp3) is 0.750. The molecule has 0 aliphatic heterocycles. The van der Waals surface area contributed by atoms with Gasteiger partial charge in [0.1, 0.15) is 0 Å². The van der Waals surface area contributed by atoms with Crippen molar-refractivity contribution in [2.45, 2.75) is 52.9 Å². The molecule has 1 aliphatic carbocycles. The maximum absolute atomic E-state index is 11.8. The van der Waals surface area contributed by atoms with Crippen LogP contribution >= 0.6 is 0 Å². The summed E-state index contributed by atoms with van der Waals surface area (Å²) in [5.74, 6) is -2.06. The Hall–Kier alpha value is -1.32. The number of carboxylic acid groups (broad SMARTS) is 1. The number of hydrogen-bond acceptors (Lipinski definition) is 3. The van der Waals surface area contributed by atoms with Crippen LogP contribution in [0.4, 0.5) is 0 Å². The summed E-state index contributed by atoms with van der Waals surface area (Å²) in [6, 6.07) is 0. The van der Waals surface area contributed by atoms with Crippen molar-refractivity contribution in [2.24, 2.45) is 16.7 Å². The summed E-state index contributed by atoms with van der Waals surface area (Å²) in [7, 11) is 0. The predicted octanol–water partition coefficient (Wildman–Crippen LogP) is 3.41. The Morgan fingerprint density at radius 1 is 1.40 bits per heavy atom. The molecule has 0 amide bonds. The Morgan fingerprint density at radius 3 is 2.40 bits per heavy atom. The average molecular weight is 282 g/mol. The third-order valence-electron chi connectivity index (χ3n) is 4.09. The van der Waals surface area contributed by atoms with Crippen molar-refractivity contribution in [1.82, 2.24) is 0 Å². The van der Waals surface area contributed by atoms with Gasteiger partial charge in [0.2, 0.25) is 0 Å². The van der Waals surface area contributed by atoms with E-state index in [1.165, 1.54) is 0 Å². The van der Waals surface area contributed by atoms with E-state index in [0.29, 0.717) is 6.61 Å². The van der Waals surface area contributed by atoms with E-state index in [1.807, 2.05) is 26.8 Å². The highest BCUT2D eigenvalue weighted by Gasteiger charge is 2.43.